The number of hydrogen-bond acceptors (Lipinski definition) is 5. The molecule has 0 saturated heterocycles. The molecule has 0 bridgehead atoms. The normalized spacial score (nSPS) is 11.2. The van der Waals surface area contributed by atoms with Crippen molar-refractivity contribution < 1.29 is 4.74 Å². The molecular formula is C19H19BrN4OS. The molecule has 0 atom stereocenters. The molecule has 0 aliphatic carbocycles. The number of nitrogens with zero attached hydrogens (tertiary/aromatic N) is 4. The Hall–Kier alpha value is -2.12. The van der Waals surface area contributed by atoms with Gasteiger partial charge in [-0.05, 0) is 37.6 Å². The first-order valence-corrected chi connectivity index (χ1v) is 10.0. The van der Waals surface area contributed by atoms with E-state index in [1.807, 2.05) is 50.2 Å². The molecule has 5 nitrogen and oxygen atoms in total. The molecule has 7 heteroatoms. The molecule has 0 aliphatic rings. The maximum atomic E-state index is 5.67. The van der Waals surface area contributed by atoms with E-state index in [-0.39, 0.29) is 0 Å². The Labute approximate surface area is 165 Å². The number of aryl methyl sites for hydroxylation is 1. The third-order valence-corrected chi connectivity index (χ3v) is 5.05. The molecule has 1 heterocycles. The highest BCUT2D eigenvalue weighted by Gasteiger charge is 2.09. The molecule has 134 valence electrons. The van der Waals surface area contributed by atoms with Gasteiger partial charge in [0.15, 0.2) is 5.82 Å². The van der Waals surface area contributed by atoms with Gasteiger partial charge >= 0.3 is 0 Å². The van der Waals surface area contributed by atoms with E-state index in [4.69, 9.17) is 4.74 Å². The zero-order valence-electron chi connectivity index (χ0n) is 14.6. The first-order chi connectivity index (χ1) is 12.7. The fourth-order valence-electron chi connectivity index (χ4n) is 2.31. The van der Waals surface area contributed by atoms with Crippen LogP contribution >= 0.6 is 27.7 Å². The molecular weight excluding hydrogens is 412 g/mol. The second kappa shape index (κ2) is 9.00. The van der Waals surface area contributed by atoms with Crippen LogP contribution in [0.4, 0.5) is 0 Å². The molecule has 26 heavy (non-hydrogen) atoms. The predicted octanol–water partition coefficient (Wildman–Crippen LogP) is 4.92. The van der Waals surface area contributed by atoms with Crippen LogP contribution in [0.3, 0.4) is 0 Å². The number of ether oxygens (including phenoxy) is 1. The Kier molecular flexibility index (Phi) is 6.46. The number of halogens is 1. The predicted molar refractivity (Wildman–Crippen MR) is 109 cm³/mol. The summed E-state index contributed by atoms with van der Waals surface area (Å²) in [5.74, 6) is 2.35. The summed E-state index contributed by atoms with van der Waals surface area (Å²) in [6, 6.07) is 16.1. The Morgan fingerprint density at radius 3 is 2.77 bits per heavy atom. The molecule has 0 saturated carbocycles. The lowest BCUT2D eigenvalue weighted by atomic mass is 10.2. The van der Waals surface area contributed by atoms with Gasteiger partial charge in [-0.15, -0.1) is 10.2 Å². The fraction of sp³-hybridized carbons (Fsp3) is 0.211. The quantitative estimate of drug-likeness (QED) is 0.394. The van der Waals surface area contributed by atoms with E-state index < -0.39 is 0 Å². The van der Waals surface area contributed by atoms with Crippen molar-refractivity contribution in [3.05, 3.63) is 70.0 Å². The number of hydrogen-bond donors (Lipinski definition) is 0. The van der Waals surface area contributed by atoms with Crippen molar-refractivity contribution in [3.8, 4) is 5.75 Å². The zero-order valence-corrected chi connectivity index (χ0v) is 17.0. The van der Waals surface area contributed by atoms with E-state index in [1.165, 1.54) is 5.56 Å². The average molecular weight is 431 g/mol. The minimum absolute atomic E-state index is 0.603. The van der Waals surface area contributed by atoms with Crippen molar-refractivity contribution in [2.24, 2.45) is 5.10 Å². The van der Waals surface area contributed by atoms with E-state index in [0.717, 1.165) is 32.5 Å². The fourth-order valence-corrected chi connectivity index (χ4v) is 3.58. The Morgan fingerprint density at radius 1 is 1.19 bits per heavy atom. The first kappa shape index (κ1) is 18.7. The van der Waals surface area contributed by atoms with Gasteiger partial charge < -0.3 is 4.74 Å². The SMILES string of the molecule is CCOc1ccc(Br)cc1/C=N/n1c(C)nnc1SCc1ccccc1. The molecule has 0 N–H and O–H groups in total. The van der Waals surface area contributed by atoms with Crippen LogP contribution in [0.25, 0.3) is 0 Å². The average Bonchev–Trinajstić information content (AvgIpc) is 3.01. The lowest BCUT2D eigenvalue weighted by Gasteiger charge is -2.07. The van der Waals surface area contributed by atoms with Crippen LogP contribution in [0.1, 0.15) is 23.9 Å². The van der Waals surface area contributed by atoms with Crippen LogP contribution < -0.4 is 4.74 Å². The highest BCUT2D eigenvalue weighted by molar-refractivity contribution is 9.10. The molecule has 3 rings (SSSR count). The van der Waals surface area contributed by atoms with Gasteiger partial charge in [-0.25, -0.2) is 0 Å². The molecule has 0 unspecified atom stereocenters. The second-order valence-corrected chi connectivity index (χ2v) is 7.33. The molecule has 3 aromatic rings. The van der Waals surface area contributed by atoms with Crippen molar-refractivity contribution in [3.63, 3.8) is 0 Å². The number of benzene rings is 2. The molecule has 1 aromatic heterocycles. The van der Waals surface area contributed by atoms with Gasteiger partial charge in [-0.1, -0.05) is 58.0 Å². The van der Waals surface area contributed by atoms with Crippen LogP contribution in [0.15, 0.2) is 63.3 Å². The van der Waals surface area contributed by atoms with Crippen molar-refractivity contribution in [1.29, 1.82) is 0 Å². The summed E-state index contributed by atoms with van der Waals surface area (Å²) in [5.41, 5.74) is 2.13. The van der Waals surface area contributed by atoms with Crippen LogP contribution in [0.5, 0.6) is 5.75 Å². The van der Waals surface area contributed by atoms with Gasteiger partial charge in [0.2, 0.25) is 5.16 Å². The molecule has 0 fully saturated rings. The van der Waals surface area contributed by atoms with Crippen molar-refractivity contribution >= 4 is 33.9 Å². The Bertz CT molecular complexity index is 896. The Morgan fingerprint density at radius 2 is 2.00 bits per heavy atom. The van der Waals surface area contributed by atoms with Gasteiger partial charge in [0.1, 0.15) is 5.75 Å². The summed E-state index contributed by atoms with van der Waals surface area (Å²) >= 11 is 5.10. The highest BCUT2D eigenvalue weighted by Crippen LogP contribution is 2.24. The number of rotatable bonds is 7. The van der Waals surface area contributed by atoms with Crippen LogP contribution in [0.2, 0.25) is 0 Å². The minimum Gasteiger partial charge on any atom is -0.493 e. The third-order valence-electron chi connectivity index (χ3n) is 3.56. The second-order valence-electron chi connectivity index (χ2n) is 5.48. The van der Waals surface area contributed by atoms with Gasteiger partial charge in [0.25, 0.3) is 0 Å². The topological polar surface area (TPSA) is 52.3 Å². The maximum absolute atomic E-state index is 5.67. The summed E-state index contributed by atoms with van der Waals surface area (Å²) in [7, 11) is 0. The summed E-state index contributed by atoms with van der Waals surface area (Å²) in [6.07, 6.45) is 1.78. The summed E-state index contributed by atoms with van der Waals surface area (Å²) < 4.78 is 8.40. The van der Waals surface area contributed by atoms with Gasteiger partial charge in [0, 0.05) is 15.8 Å². The smallest absolute Gasteiger partial charge is 0.212 e. The molecule has 0 spiro atoms. The van der Waals surface area contributed by atoms with E-state index in [9.17, 15) is 0 Å². The summed E-state index contributed by atoms with van der Waals surface area (Å²) in [6.45, 7) is 4.46. The monoisotopic (exact) mass is 430 g/mol. The van der Waals surface area contributed by atoms with Gasteiger partial charge in [-0.3, -0.25) is 0 Å². The largest absolute Gasteiger partial charge is 0.493 e. The van der Waals surface area contributed by atoms with Crippen molar-refractivity contribution in [2.45, 2.75) is 24.8 Å². The van der Waals surface area contributed by atoms with E-state index >= 15 is 0 Å². The van der Waals surface area contributed by atoms with Crippen molar-refractivity contribution in [1.82, 2.24) is 14.9 Å². The standard InChI is InChI=1S/C19H19BrN4OS/c1-3-25-18-10-9-17(20)11-16(18)12-21-24-14(2)22-23-19(24)26-13-15-7-5-4-6-8-15/h4-12H,3,13H2,1-2H3/b21-12+. The van der Waals surface area contributed by atoms with Gasteiger partial charge in [0.05, 0.1) is 12.8 Å². The highest BCUT2D eigenvalue weighted by atomic mass is 79.9. The lowest BCUT2D eigenvalue weighted by Crippen LogP contribution is -1.99. The summed E-state index contributed by atoms with van der Waals surface area (Å²) in [4.78, 5) is 0. The molecule has 0 aliphatic heterocycles. The third kappa shape index (κ3) is 4.74. The zero-order chi connectivity index (χ0) is 18.4. The molecule has 0 amide bonds. The Balaban J connectivity index is 1.81. The minimum atomic E-state index is 0.603. The van der Waals surface area contributed by atoms with Crippen molar-refractivity contribution in [2.75, 3.05) is 6.61 Å². The molecule has 0 radical (unpaired) electrons. The number of aromatic nitrogens is 3. The van der Waals surface area contributed by atoms with E-state index in [1.54, 1.807) is 22.7 Å². The van der Waals surface area contributed by atoms with Crippen LogP contribution in [-0.2, 0) is 5.75 Å². The van der Waals surface area contributed by atoms with E-state index in [0.29, 0.717) is 6.61 Å². The van der Waals surface area contributed by atoms with E-state index in [2.05, 4.69) is 43.4 Å². The number of thioether (sulfide) groups is 1. The van der Waals surface area contributed by atoms with Gasteiger partial charge in [-0.2, -0.15) is 9.78 Å². The first-order valence-electron chi connectivity index (χ1n) is 8.23. The van der Waals surface area contributed by atoms with Crippen LogP contribution in [-0.4, -0.2) is 27.7 Å². The summed E-state index contributed by atoms with van der Waals surface area (Å²) in [5, 5.41) is 13.7. The lowest BCUT2D eigenvalue weighted by molar-refractivity contribution is 0.339. The molecule has 2 aromatic carbocycles. The maximum Gasteiger partial charge on any atom is 0.212 e. The van der Waals surface area contributed by atoms with Crippen LogP contribution in [0, 0.1) is 6.92 Å².